The molecule has 0 saturated carbocycles. The van der Waals surface area contributed by atoms with Crippen LogP contribution in [0.4, 0.5) is 5.69 Å². The number of ether oxygens (including phenoxy) is 1. The second kappa shape index (κ2) is 7.58. The van der Waals surface area contributed by atoms with E-state index in [-0.39, 0.29) is 11.8 Å². The summed E-state index contributed by atoms with van der Waals surface area (Å²) in [4.78, 5) is 18.7. The molecule has 0 unspecified atom stereocenters. The summed E-state index contributed by atoms with van der Waals surface area (Å²) < 4.78 is 6.21. The number of anilines is 1. The summed E-state index contributed by atoms with van der Waals surface area (Å²) in [6, 6.07) is 12.6. The summed E-state index contributed by atoms with van der Waals surface area (Å²) in [5.74, 6) is 0.0518. The lowest BCUT2D eigenvalue weighted by molar-refractivity contribution is -0.118. The van der Waals surface area contributed by atoms with Crippen LogP contribution in [0.3, 0.4) is 0 Å². The van der Waals surface area contributed by atoms with Crippen LogP contribution in [0.25, 0.3) is 11.3 Å². The summed E-state index contributed by atoms with van der Waals surface area (Å²) >= 11 is 14.0. The average molecular weight is 433 g/mol. The van der Waals surface area contributed by atoms with Crippen molar-refractivity contribution < 1.29 is 9.53 Å². The van der Waals surface area contributed by atoms with Gasteiger partial charge in [0.05, 0.1) is 15.7 Å². The van der Waals surface area contributed by atoms with Gasteiger partial charge in [0.2, 0.25) is 23.2 Å². The Balaban J connectivity index is 2.01. The van der Waals surface area contributed by atoms with Gasteiger partial charge in [-0.25, -0.2) is 0 Å². The minimum absolute atomic E-state index is 0.223. The lowest BCUT2D eigenvalue weighted by Gasteiger charge is -2.30. The minimum Gasteiger partial charge on any atom is -0.447 e. The van der Waals surface area contributed by atoms with Crippen molar-refractivity contribution in [2.45, 2.75) is 18.3 Å². The van der Waals surface area contributed by atoms with Crippen LogP contribution in [0.1, 0.15) is 18.7 Å². The highest BCUT2D eigenvalue weighted by atomic mass is 35.5. The maximum atomic E-state index is 12.7. The van der Waals surface area contributed by atoms with E-state index in [2.05, 4.69) is 15.2 Å². The van der Waals surface area contributed by atoms with Crippen molar-refractivity contribution in [1.82, 2.24) is 15.2 Å². The molecule has 0 radical (unpaired) electrons. The Morgan fingerprint density at radius 3 is 2.68 bits per heavy atom. The van der Waals surface area contributed by atoms with E-state index in [1.807, 2.05) is 30.5 Å². The number of para-hydroxylation sites is 1. The third kappa shape index (κ3) is 3.19. The number of rotatable bonds is 2. The van der Waals surface area contributed by atoms with Crippen LogP contribution < -0.4 is 9.64 Å². The molecule has 142 valence electrons. The van der Waals surface area contributed by atoms with E-state index in [0.29, 0.717) is 37.7 Å². The first kappa shape index (κ1) is 19.0. The van der Waals surface area contributed by atoms with E-state index in [4.69, 9.17) is 27.9 Å². The number of aromatic nitrogens is 3. The van der Waals surface area contributed by atoms with Crippen molar-refractivity contribution in [3.63, 3.8) is 0 Å². The number of fused-ring (bicyclic) bond motifs is 3. The Kier molecular flexibility index (Phi) is 5.14. The number of carbonyl (C=O) groups is 1. The van der Waals surface area contributed by atoms with Gasteiger partial charge in [-0.15, -0.1) is 10.2 Å². The van der Waals surface area contributed by atoms with Gasteiger partial charge in [-0.2, -0.15) is 4.98 Å². The minimum atomic E-state index is -0.863. The van der Waals surface area contributed by atoms with Gasteiger partial charge in [-0.1, -0.05) is 65.3 Å². The zero-order valence-corrected chi connectivity index (χ0v) is 17.2. The third-order valence-corrected chi connectivity index (χ3v) is 5.65. The number of carbonyl (C=O) groups excluding carboxylic acids is 1. The van der Waals surface area contributed by atoms with Gasteiger partial charge < -0.3 is 4.74 Å². The number of amides is 1. The largest absolute Gasteiger partial charge is 0.447 e. The van der Waals surface area contributed by atoms with Gasteiger partial charge in [0.25, 0.3) is 0 Å². The predicted octanol–water partition coefficient (Wildman–Crippen LogP) is 5.01. The van der Waals surface area contributed by atoms with E-state index in [1.54, 1.807) is 18.2 Å². The fraction of sp³-hybridized carbons (Fsp3) is 0.158. The van der Waals surface area contributed by atoms with Crippen molar-refractivity contribution in [3.05, 3.63) is 58.1 Å². The van der Waals surface area contributed by atoms with Crippen LogP contribution in [-0.4, -0.2) is 27.3 Å². The molecule has 1 amide bonds. The van der Waals surface area contributed by atoms with Crippen LogP contribution in [0.15, 0.2) is 47.6 Å². The lowest BCUT2D eigenvalue weighted by atomic mass is 10.1. The standard InChI is InChI=1S/C19H14Cl2N4O2S/c1-10(26)25-14-9-4-3-6-11(14)16-17(22-19(28-2)24-23-16)27-18(25)12-7-5-8-13(20)15(12)21/h3-9,18H,1-2H3/t18-/m1/s1. The summed E-state index contributed by atoms with van der Waals surface area (Å²) in [7, 11) is 0. The monoisotopic (exact) mass is 432 g/mol. The van der Waals surface area contributed by atoms with E-state index in [9.17, 15) is 4.79 Å². The van der Waals surface area contributed by atoms with Gasteiger partial charge >= 0.3 is 0 Å². The second-order valence-corrected chi connectivity index (χ2v) is 7.53. The lowest BCUT2D eigenvalue weighted by Crippen LogP contribution is -2.36. The van der Waals surface area contributed by atoms with E-state index < -0.39 is 6.23 Å². The van der Waals surface area contributed by atoms with E-state index >= 15 is 0 Å². The number of benzene rings is 2. The second-order valence-electron chi connectivity index (χ2n) is 5.97. The Morgan fingerprint density at radius 1 is 1.14 bits per heavy atom. The molecule has 4 rings (SSSR count). The smallest absolute Gasteiger partial charge is 0.247 e. The van der Waals surface area contributed by atoms with Crippen LogP contribution in [0.5, 0.6) is 5.88 Å². The Morgan fingerprint density at radius 2 is 1.93 bits per heavy atom. The van der Waals surface area contributed by atoms with Crippen LogP contribution in [0.2, 0.25) is 10.0 Å². The molecule has 0 saturated heterocycles. The number of nitrogens with zero attached hydrogens (tertiary/aromatic N) is 4. The van der Waals surface area contributed by atoms with Crippen LogP contribution in [-0.2, 0) is 4.79 Å². The molecule has 1 atom stereocenters. The molecule has 2 aromatic carbocycles. The normalized spacial score (nSPS) is 15.3. The summed E-state index contributed by atoms with van der Waals surface area (Å²) in [6.45, 7) is 1.47. The Labute approximate surface area is 175 Å². The molecule has 3 aromatic rings. The van der Waals surface area contributed by atoms with E-state index in [0.717, 1.165) is 0 Å². The summed E-state index contributed by atoms with van der Waals surface area (Å²) in [5, 5.41) is 9.56. The molecule has 0 N–H and O–H groups in total. The molecule has 2 heterocycles. The quantitative estimate of drug-likeness (QED) is 0.530. The molecular formula is C19H14Cl2N4O2S. The first-order chi connectivity index (χ1) is 13.5. The molecular weight excluding hydrogens is 419 g/mol. The molecule has 1 aliphatic rings. The average Bonchev–Trinajstić information content (AvgIpc) is 2.84. The zero-order valence-electron chi connectivity index (χ0n) is 14.9. The molecule has 6 nitrogen and oxygen atoms in total. The SMILES string of the molecule is CSc1nnc2c(n1)O[C@H](c1cccc(Cl)c1Cl)N(C(C)=O)c1ccccc1-2. The third-order valence-electron chi connectivity index (χ3n) is 4.28. The first-order valence-corrected chi connectivity index (χ1v) is 10.3. The summed E-state index contributed by atoms with van der Waals surface area (Å²) in [6.07, 6.45) is 0.985. The highest BCUT2D eigenvalue weighted by Crippen LogP contribution is 2.45. The molecule has 0 bridgehead atoms. The maximum absolute atomic E-state index is 12.7. The van der Waals surface area contributed by atoms with Gasteiger partial charge in [-0.3, -0.25) is 9.69 Å². The van der Waals surface area contributed by atoms with Crippen molar-refractivity contribution >= 4 is 46.6 Å². The predicted molar refractivity (Wildman–Crippen MR) is 110 cm³/mol. The molecule has 1 aliphatic heterocycles. The first-order valence-electron chi connectivity index (χ1n) is 8.29. The van der Waals surface area contributed by atoms with Crippen LogP contribution >= 0.6 is 35.0 Å². The molecule has 0 aliphatic carbocycles. The molecule has 28 heavy (non-hydrogen) atoms. The fourth-order valence-electron chi connectivity index (χ4n) is 3.05. The highest BCUT2D eigenvalue weighted by molar-refractivity contribution is 7.98. The number of halogens is 2. The zero-order chi connectivity index (χ0) is 19.8. The number of hydrogen-bond donors (Lipinski definition) is 0. The number of thioether (sulfide) groups is 1. The fourth-order valence-corrected chi connectivity index (χ4v) is 3.75. The van der Waals surface area contributed by atoms with E-state index in [1.165, 1.54) is 23.6 Å². The van der Waals surface area contributed by atoms with Crippen molar-refractivity contribution in [2.75, 3.05) is 11.2 Å². The van der Waals surface area contributed by atoms with Crippen molar-refractivity contribution in [3.8, 4) is 17.1 Å². The molecule has 0 spiro atoms. The highest BCUT2D eigenvalue weighted by Gasteiger charge is 2.35. The van der Waals surface area contributed by atoms with Crippen molar-refractivity contribution in [1.29, 1.82) is 0 Å². The topological polar surface area (TPSA) is 68.2 Å². The van der Waals surface area contributed by atoms with Gasteiger partial charge in [0, 0.05) is 18.1 Å². The molecule has 9 heteroatoms. The molecule has 1 aromatic heterocycles. The molecule has 0 fully saturated rings. The summed E-state index contributed by atoms with van der Waals surface area (Å²) in [5.41, 5.74) is 2.33. The number of hydrogen-bond acceptors (Lipinski definition) is 6. The van der Waals surface area contributed by atoms with Crippen molar-refractivity contribution in [2.24, 2.45) is 0 Å². The Hall–Kier alpha value is -2.35. The van der Waals surface area contributed by atoms with Gasteiger partial charge in [0.15, 0.2) is 5.69 Å². The van der Waals surface area contributed by atoms with Crippen LogP contribution in [0, 0.1) is 0 Å². The Bertz CT molecular complexity index is 1080. The maximum Gasteiger partial charge on any atom is 0.247 e. The van der Waals surface area contributed by atoms with Gasteiger partial charge in [-0.05, 0) is 18.4 Å². The van der Waals surface area contributed by atoms with Gasteiger partial charge in [0.1, 0.15) is 0 Å².